The molecule has 3 aromatic carbocycles. The highest BCUT2D eigenvalue weighted by atomic mass is 35.5. The first-order chi connectivity index (χ1) is 19.7. The first-order valence-corrected chi connectivity index (χ1v) is 14.6. The topological polar surface area (TPSA) is 93.6 Å². The van der Waals surface area contributed by atoms with Crippen molar-refractivity contribution < 1.29 is 14.6 Å². The highest BCUT2D eigenvalue weighted by molar-refractivity contribution is 6.32. The number of halogens is 2. The molecule has 4 aromatic rings. The molecule has 214 valence electrons. The molecule has 1 amide bonds. The van der Waals surface area contributed by atoms with Crippen molar-refractivity contribution >= 4 is 29.1 Å². The summed E-state index contributed by atoms with van der Waals surface area (Å²) in [6, 6.07) is 23.3. The number of carbonyl (C=O) groups is 1. The van der Waals surface area contributed by atoms with E-state index in [9.17, 15) is 9.90 Å². The van der Waals surface area contributed by atoms with E-state index in [0.29, 0.717) is 58.9 Å². The molecule has 0 bridgehead atoms. The van der Waals surface area contributed by atoms with Crippen LogP contribution in [-0.2, 0) is 5.60 Å². The number of amides is 1. The van der Waals surface area contributed by atoms with Crippen molar-refractivity contribution in [2.24, 2.45) is 11.7 Å². The number of aromatic nitrogens is 2. The minimum Gasteiger partial charge on any atom is -0.439 e. The second-order valence-electron chi connectivity index (χ2n) is 10.6. The molecule has 0 aliphatic carbocycles. The van der Waals surface area contributed by atoms with E-state index in [1.165, 1.54) is 0 Å². The van der Waals surface area contributed by atoms with Crippen LogP contribution < -0.4 is 10.5 Å². The Morgan fingerprint density at radius 1 is 1.02 bits per heavy atom. The van der Waals surface area contributed by atoms with Crippen molar-refractivity contribution in [3.05, 3.63) is 106 Å². The van der Waals surface area contributed by atoms with E-state index in [0.717, 1.165) is 12.0 Å². The maximum Gasteiger partial charge on any atom is 0.274 e. The molecule has 0 saturated carbocycles. The predicted octanol–water partition coefficient (Wildman–Crippen LogP) is 7.14. The van der Waals surface area contributed by atoms with Crippen molar-refractivity contribution in [1.82, 2.24) is 14.7 Å². The molecule has 2 unspecified atom stereocenters. The van der Waals surface area contributed by atoms with Gasteiger partial charge in [-0.3, -0.25) is 4.79 Å². The molecule has 9 heteroatoms. The summed E-state index contributed by atoms with van der Waals surface area (Å²) < 4.78 is 7.98. The fourth-order valence-corrected chi connectivity index (χ4v) is 5.52. The van der Waals surface area contributed by atoms with Gasteiger partial charge < -0.3 is 20.5 Å². The van der Waals surface area contributed by atoms with Crippen LogP contribution in [0.15, 0.2) is 78.9 Å². The van der Waals surface area contributed by atoms with Gasteiger partial charge in [-0.2, -0.15) is 9.78 Å². The van der Waals surface area contributed by atoms with Gasteiger partial charge in [-0.1, -0.05) is 85.9 Å². The van der Waals surface area contributed by atoms with Crippen LogP contribution in [0, 0.1) is 5.92 Å². The maximum absolute atomic E-state index is 14.2. The average molecular weight is 594 g/mol. The molecule has 7 nitrogen and oxygen atoms in total. The third-order valence-corrected chi connectivity index (χ3v) is 8.54. The van der Waals surface area contributed by atoms with Crippen LogP contribution in [0.5, 0.6) is 11.6 Å². The molecule has 1 aromatic heterocycles. The average Bonchev–Trinajstić information content (AvgIpc) is 3.36. The summed E-state index contributed by atoms with van der Waals surface area (Å²) in [6.07, 6.45) is 1.62. The molecule has 41 heavy (non-hydrogen) atoms. The Morgan fingerprint density at radius 2 is 1.66 bits per heavy atom. The van der Waals surface area contributed by atoms with Gasteiger partial charge >= 0.3 is 0 Å². The summed E-state index contributed by atoms with van der Waals surface area (Å²) in [4.78, 5) is 15.9. The SMILES string of the molecule is CCC(C)C(N)c1c(C(=O)N2CCC(O)(c3ccccc3)CC2)nn(-c2ccccc2Cl)c1Oc1ccc(Cl)cc1. The van der Waals surface area contributed by atoms with Crippen molar-refractivity contribution in [3.8, 4) is 17.3 Å². The number of benzene rings is 3. The Balaban J connectivity index is 1.58. The van der Waals surface area contributed by atoms with E-state index in [4.69, 9.17) is 38.8 Å². The molecule has 1 fully saturated rings. The molecule has 1 aliphatic heterocycles. The molecule has 2 heterocycles. The van der Waals surface area contributed by atoms with Gasteiger partial charge in [0.15, 0.2) is 5.69 Å². The zero-order valence-electron chi connectivity index (χ0n) is 23.1. The monoisotopic (exact) mass is 592 g/mol. The fraction of sp³-hybridized carbons (Fsp3) is 0.312. The van der Waals surface area contributed by atoms with E-state index >= 15 is 0 Å². The van der Waals surface area contributed by atoms with Crippen LogP contribution in [-0.4, -0.2) is 38.8 Å². The molecular weight excluding hydrogens is 559 g/mol. The van der Waals surface area contributed by atoms with E-state index in [1.54, 1.807) is 39.9 Å². The van der Waals surface area contributed by atoms with Gasteiger partial charge in [0.2, 0.25) is 5.88 Å². The minimum atomic E-state index is -0.992. The quantitative estimate of drug-likeness (QED) is 0.227. The van der Waals surface area contributed by atoms with Crippen molar-refractivity contribution in [2.45, 2.75) is 44.8 Å². The number of rotatable bonds is 8. The molecule has 1 saturated heterocycles. The standard InChI is InChI=1S/C32H34Cl2N4O3/c1-3-21(2)28(35)27-29(30(39)37-19-17-32(40,18-20-37)22-9-5-4-6-10-22)36-38(26-12-8-7-11-25(26)34)31(27)41-24-15-13-23(33)14-16-24/h4-16,21,28,40H,3,17-20,35H2,1-2H3. The Bertz CT molecular complexity index is 1500. The third-order valence-electron chi connectivity index (χ3n) is 7.97. The second kappa shape index (κ2) is 12.2. The smallest absolute Gasteiger partial charge is 0.274 e. The molecule has 0 spiro atoms. The molecule has 0 radical (unpaired) electrons. The van der Waals surface area contributed by atoms with Crippen molar-refractivity contribution in [3.63, 3.8) is 0 Å². The largest absolute Gasteiger partial charge is 0.439 e. The lowest BCUT2D eigenvalue weighted by Gasteiger charge is -2.38. The Kier molecular flexibility index (Phi) is 8.71. The van der Waals surface area contributed by atoms with Gasteiger partial charge in [-0.25, -0.2) is 0 Å². The first kappa shape index (κ1) is 29.1. The number of ether oxygens (including phenoxy) is 1. The molecule has 2 atom stereocenters. The Hall–Kier alpha value is -3.36. The number of likely N-dealkylation sites (tertiary alicyclic amines) is 1. The van der Waals surface area contributed by atoms with Crippen LogP contribution in [0.25, 0.3) is 5.69 Å². The molecule has 1 aliphatic rings. The predicted molar refractivity (Wildman–Crippen MR) is 162 cm³/mol. The summed E-state index contributed by atoms with van der Waals surface area (Å²) in [5.74, 6) is 0.614. The van der Waals surface area contributed by atoms with Crippen molar-refractivity contribution in [1.29, 1.82) is 0 Å². The van der Waals surface area contributed by atoms with Gasteiger partial charge in [0.05, 0.1) is 21.9 Å². The number of nitrogens with two attached hydrogens (primary N) is 1. The zero-order valence-corrected chi connectivity index (χ0v) is 24.6. The summed E-state index contributed by atoms with van der Waals surface area (Å²) in [5, 5.41) is 17.2. The first-order valence-electron chi connectivity index (χ1n) is 13.9. The van der Waals surface area contributed by atoms with Gasteiger partial charge in [0.1, 0.15) is 5.75 Å². The van der Waals surface area contributed by atoms with Crippen LogP contribution >= 0.6 is 23.2 Å². The molecular formula is C32H34Cl2N4O3. The maximum atomic E-state index is 14.2. The van der Waals surface area contributed by atoms with Gasteiger partial charge in [-0.05, 0) is 60.7 Å². The highest BCUT2D eigenvalue weighted by Gasteiger charge is 2.39. The van der Waals surface area contributed by atoms with E-state index in [1.807, 2.05) is 55.5 Å². The van der Waals surface area contributed by atoms with Crippen LogP contribution in [0.3, 0.4) is 0 Å². The Morgan fingerprint density at radius 3 is 2.29 bits per heavy atom. The van der Waals surface area contributed by atoms with E-state index in [2.05, 4.69) is 6.92 Å². The summed E-state index contributed by atoms with van der Waals surface area (Å²) in [6.45, 7) is 4.83. The van der Waals surface area contributed by atoms with Crippen LogP contribution in [0.4, 0.5) is 0 Å². The van der Waals surface area contributed by atoms with Gasteiger partial charge in [0, 0.05) is 24.2 Å². The summed E-state index contributed by atoms with van der Waals surface area (Å²) >= 11 is 12.7. The molecule has 5 rings (SSSR count). The highest BCUT2D eigenvalue weighted by Crippen LogP contribution is 2.40. The van der Waals surface area contributed by atoms with Gasteiger partial charge in [-0.15, -0.1) is 0 Å². The molecule has 3 N–H and O–H groups in total. The van der Waals surface area contributed by atoms with E-state index in [-0.39, 0.29) is 17.5 Å². The summed E-state index contributed by atoms with van der Waals surface area (Å²) in [7, 11) is 0. The lowest BCUT2D eigenvalue weighted by molar-refractivity contribution is -0.0213. The van der Waals surface area contributed by atoms with Crippen LogP contribution in [0.2, 0.25) is 10.0 Å². The lowest BCUT2D eigenvalue weighted by Crippen LogP contribution is -2.45. The number of hydrogen-bond acceptors (Lipinski definition) is 5. The zero-order chi connectivity index (χ0) is 29.1. The lowest BCUT2D eigenvalue weighted by atomic mass is 9.84. The number of para-hydroxylation sites is 1. The number of aliphatic hydroxyl groups is 1. The number of hydrogen-bond donors (Lipinski definition) is 2. The van der Waals surface area contributed by atoms with Gasteiger partial charge in [0.25, 0.3) is 5.91 Å². The fourth-order valence-electron chi connectivity index (χ4n) is 5.18. The van der Waals surface area contributed by atoms with E-state index < -0.39 is 11.6 Å². The number of piperidine rings is 1. The van der Waals surface area contributed by atoms with Crippen LogP contribution in [0.1, 0.15) is 60.8 Å². The Labute approximate surface area is 250 Å². The minimum absolute atomic E-state index is 0.0301. The summed E-state index contributed by atoms with van der Waals surface area (Å²) in [5.41, 5.74) is 8.00. The third kappa shape index (κ3) is 5.99. The number of nitrogens with zero attached hydrogens (tertiary/aromatic N) is 3. The normalized spacial score (nSPS) is 16.3. The van der Waals surface area contributed by atoms with Crippen molar-refractivity contribution in [2.75, 3.05) is 13.1 Å². The number of carbonyl (C=O) groups excluding carboxylic acids is 1. The second-order valence-corrected chi connectivity index (χ2v) is 11.4.